The summed E-state index contributed by atoms with van der Waals surface area (Å²) < 4.78 is 10.6. The number of amides is 1. The van der Waals surface area contributed by atoms with Crippen LogP contribution < -0.4 is 15.4 Å². The Labute approximate surface area is 117 Å². The zero-order valence-electron chi connectivity index (χ0n) is 11.9. The molecular formula is C12H19N5O3. The predicted molar refractivity (Wildman–Crippen MR) is 73.6 cm³/mol. The lowest BCUT2D eigenvalue weighted by Gasteiger charge is -2.34. The van der Waals surface area contributed by atoms with E-state index in [2.05, 4.69) is 9.97 Å². The molecule has 2 N–H and O–H groups in total. The van der Waals surface area contributed by atoms with Crippen molar-refractivity contribution in [2.24, 2.45) is 0 Å². The Hall–Kier alpha value is -2.09. The van der Waals surface area contributed by atoms with Crippen molar-refractivity contribution < 1.29 is 14.3 Å². The van der Waals surface area contributed by atoms with E-state index in [9.17, 15) is 4.79 Å². The fourth-order valence-corrected chi connectivity index (χ4v) is 1.99. The van der Waals surface area contributed by atoms with Crippen LogP contribution in [0, 0.1) is 0 Å². The number of carbonyl (C=O) groups excluding carboxylic acids is 1. The number of hydrogen-bond acceptors (Lipinski definition) is 7. The van der Waals surface area contributed by atoms with Crippen LogP contribution in [0.5, 0.6) is 5.88 Å². The summed E-state index contributed by atoms with van der Waals surface area (Å²) in [6.45, 7) is 1.52. The number of hydrogen-bond donors (Lipinski definition) is 1. The maximum absolute atomic E-state index is 12.0. The van der Waals surface area contributed by atoms with Gasteiger partial charge < -0.3 is 25.0 Å². The van der Waals surface area contributed by atoms with Gasteiger partial charge in [-0.25, -0.2) is 0 Å². The summed E-state index contributed by atoms with van der Waals surface area (Å²) in [5, 5.41) is 0. The molecule has 0 aromatic carbocycles. The van der Waals surface area contributed by atoms with Crippen LogP contribution in [0.2, 0.25) is 0 Å². The van der Waals surface area contributed by atoms with Gasteiger partial charge in [-0.1, -0.05) is 0 Å². The van der Waals surface area contributed by atoms with Crippen LogP contribution in [0.25, 0.3) is 0 Å². The zero-order valence-corrected chi connectivity index (χ0v) is 11.9. The molecule has 0 unspecified atom stereocenters. The molecule has 1 aliphatic heterocycles. The quantitative estimate of drug-likeness (QED) is 0.787. The first-order valence-corrected chi connectivity index (χ1v) is 6.27. The highest BCUT2D eigenvalue weighted by Gasteiger charge is 2.28. The number of carbonyl (C=O) groups is 1. The number of nitrogens with zero attached hydrogens (tertiary/aromatic N) is 4. The summed E-state index contributed by atoms with van der Waals surface area (Å²) in [6.07, 6.45) is -0.499. The third kappa shape index (κ3) is 3.08. The fraction of sp³-hybridized carbons (Fsp3) is 0.583. The number of anilines is 2. The van der Waals surface area contributed by atoms with Crippen LogP contribution in [-0.4, -0.2) is 67.8 Å². The van der Waals surface area contributed by atoms with Crippen molar-refractivity contribution in [3.8, 4) is 5.88 Å². The summed E-state index contributed by atoms with van der Waals surface area (Å²) >= 11 is 0. The van der Waals surface area contributed by atoms with Gasteiger partial charge in [0.2, 0.25) is 11.8 Å². The Morgan fingerprint density at radius 3 is 2.95 bits per heavy atom. The lowest BCUT2D eigenvalue weighted by molar-refractivity contribution is -0.141. The third-order valence-corrected chi connectivity index (χ3v) is 3.02. The third-order valence-electron chi connectivity index (χ3n) is 3.02. The molecular weight excluding hydrogens is 262 g/mol. The molecule has 0 bridgehead atoms. The molecule has 2 heterocycles. The number of methoxy groups -OCH3 is 1. The van der Waals surface area contributed by atoms with Gasteiger partial charge in [0.15, 0.2) is 6.10 Å². The molecule has 1 aliphatic rings. The number of nitrogens with two attached hydrogens (primary N) is 1. The van der Waals surface area contributed by atoms with Gasteiger partial charge in [-0.05, 0) is 0 Å². The summed E-state index contributed by atoms with van der Waals surface area (Å²) in [4.78, 5) is 23.5. The van der Waals surface area contributed by atoms with Crippen LogP contribution in [-0.2, 0) is 9.53 Å². The molecule has 0 radical (unpaired) electrons. The van der Waals surface area contributed by atoms with E-state index < -0.39 is 6.10 Å². The highest BCUT2D eigenvalue weighted by Crippen LogP contribution is 2.21. The highest BCUT2D eigenvalue weighted by molar-refractivity contribution is 5.81. The van der Waals surface area contributed by atoms with Crippen molar-refractivity contribution in [1.29, 1.82) is 0 Å². The summed E-state index contributed by atoms with van der Waals surface area (Å²) in [5.74, 6) is 1.11. The fourth-order valence-electron chi connectivity index (χ4n) is 1.99. The maximum Gasteiger partial charge on any atom is 0.253 e. The molecule has 0 saturated carbocycles. The van der Waals surface area contributed by atoms with E-state index in [0.29, 0.717) is 31.4 Å². The molecule has 1 saturated heterocycles. The smallest absolute Gasteiger partial charge is 0.253 e. The second kappa shape index (κ2) is 5.91. The predicted octanol–water partition coefficient (Wildman–Crippen LogP) is -0.639. The van der Waals surface area contributed by atoms with Gasteiger partial charge in [-0.15, -0.1) is 0 Å². The van der Waals surface area contributed by atoms with Gasteiger partial charge in [0.05, 0.1) is 20.3 Å². The SMILES string of the molecule is COc1cc(N2CCO[C@H](C(=O)N(C)C)C2)nc(N)n1. The number of aromatic nitrogens is 2. The molecule has 1 aromatic heterocycles. The lowest BCUT2D eigenvalue weighted by atomic mass is 10.2. The molecule has 1 fully saturated rings. The lowest BCUT2D eigenvalue weighted by Crippen LogP contribution is -2.49. The molecule has 1 atom stereocenters. The number of morpholine rings is 1. The molecule has 20 heavy (non-hydrogen) atoms. The van der Waals surface area contributed by atoms with E-state index in [0.717, 1.165) is 0 Å². The number of nitrogen functional groups attached to an aromatic ring is 1. The van der Waals surface area contributed by atoms with Crippen molar-refractivity contribution in [3.63, 3.8) is 0 Å². The zero-order chi connectivity index (χ0) is 14.7. The minimum absolute atomic E-state index is 0.0660. The second-order valence-electron chi connectivity index (χ2n) is 4.66. The van der Waals surface area contributed by atoms with Crippen molar-refractivity contribution in [2.75, 3.05) is 51.5 Å². The Balaban J connectivity index is 2.16. The van der Waals surface area contributed by atoms with Gasteiger partial charge in [-0.3, -0.25) is 4.79 Å². The highest BCUT2D eigenvalue weighted by atomic mass is 16.5. The van der Waals surface area contributed by atoms with E-state index >= 15 is 0 Å². The Morgan fingerprint density at radius 1 is 1.55 bits per heavy atom. The van der Waals surface area contributed by atoms with Crippen LogP contribution in [0.15, 0.2) is 6.07 Å². The average Bonchev–Trinajstić information content (AvgIpc) is 2.45. The minimum Gasteiger partial charge on any atom is -0.481 e. The van der Waals surface area contributed by atoms with Crippen LogP contribution in [0.3, 0.4) is 0 Å². The van der Waals surface area contributed by atoms with E-state index in [4.69, 9.17) is 15.2 Å². The maximum atomic E-state index is 12.0. The summed E-state index contributed by atoms with van der Waals surface area (Å²) in [7, 11) is 4.93. The monoisotopic (exact) mass is 281 g/mol. The topological polar surface area (TPSA) is 93.8 Å². The van der Waals surface area contributed by atoms with E-state index in [-0.39, 0.29) is 11.9 Å². The van der Waals surface area contributed by atoms with Gasteiger partial charge in [0.25, 0.3) is 5.91 Å². The van der Waals surface area contributed by atoms with Crippen molar-refractivity contribution >= 4 is 17.7 Å². The Morgan fingerprint density at radius 2 is 2.30 bits per heavy atom. The first-order valence-electron chi connectivity index (χ1n) is 6.27. The normalized spacial score (nSPS) is 18.8. The first-order chi connectivity index (χ1) is 9.51. The summed E-state index contributed by atoms with van der Waals surface area (Å²) in [6, 6.07) is 1.69. The van der Waals surface area contributed by atoms with Crippen molar-refractivity contribution in [3.05, 3.63) is 6.07 Å². The van der Waals surface area contributed by atoms with Gasteiger partial charge in [0.1, 0.15) is 5.82 Å². The molecule has 2 rings (SSSR count). The van der Waals surface area contributed by atoms with Crippen LogP contribution in [0.4, 0.5) is 11.8 Å². The Kier molecular flexibility index (Phi) is 4.23. The first kappa shape index (κ1) is 14.3. The minimum atomic E-state index is -0.499. The van der Waals surface area contributed by atoms with Crippen molar-refractivity contribution in [1.82, 2.24) is 14.9 Å². The van der Waals surface area contributed by atoms with Crippen LogP contribution >= 0.6 is 0 Å². The number of likely N-dealkylation sites (N-methyl/N-ethyl adjacent to an activating group) is 1. The molecule has 8 heteroatoms. The van der Waals surface area contributed by atoms with E-state index in [1.807, 2.05) is 4.90 Å². The van der Waals surface area contributed by atoms with Crippen molar-refractivity contribution in [2.45, 2.75) is 6.10 Å². The number of ether oxygens (including phenoxy) is 2. The molecule has 0 aliphatic carbocycles. The van der Waals surface area contributed by atoms with Gasteiger partial charge in [0, 0.05) is 26.7 Å². The van der Waals surface area contributed by atoms with E-state index in [1.54, 1.807) is 20.2 Å². The second-order valence-corrected chi connectivity index (χ2v) is 4.66. The summed E-state index contributed by atoms with van der Waals surface area (Å²) in [5.41, 5.74) is 5.65. The molecule has 1 aromatic rings. The van der Waals surface area contributed by atoms with E-state index in [1.165, 1.54) is 12.0 Å². The molecule has 110 valence electrons. The Bertz CT molecular complexity index is 494. The largest absolute Gasteiger partial charge is 0.481 e. The van der Waals surface area contributed by atoms with Gasteiger partial charge >= 0.3 is 0 Å². The number of rotatable bonds is 3. The molecule has 8 nitrogen and oxygen atoms in total. The average molecular weight is 281 g/mol. The van der Waals surface area contributed by atoms with Gasteiger partial charge in [-0.2, -0.15) is 9.97 Å². The van der Waals surface area contributed by atoms with Crippen LogP contribution in [0.1, 0.15) is 0 Å². The molecule has 1 amide bonds. The standard InChI is InChI=1S/C12H19N5O3/c1-16(2)11(18)8-7-17(4-5-20-8)9-6-10(19-3)15-12(13)14-9/h6,8H,4-5,7H2,1-3H3,(H2,13,14,15)/t8-/m0/s1. The molecule has 0 spiro atoms.